The number of nitro benzene ring substituents is 1. The van der Waals surface area contributed by atoms with Crippen LogP contribution in [0.5, 0.6) is 5.75 Å². The van der Waals surface area contributed by atoms with Gasteiger partial charge in [-0.3, -0.25) is 10.1 Å². The van der Waals surface area contributed by atoms with Crippen molar-refractivity contribution in [2.24, 2.45) is 0 Å². The Labute approximate surface area is 131 Å². The summed E-state index contributed by atoms with van der Waals surface area (Å²) in [5, 5.41) is 14.0. The lowest BCUT2D eigenvalue weighted by molar-refractivity contribution is -0.384. The number of non-ortho nitro benzene ring substituents is 1. The molecular formula is C15H15BrN2O3. The van der Waals surface area contributed by atoms with E-state index in [1.165, 1.54) is 12.1 Å². The van der Waals surface area contributed by atoms with Gasteiger partial charge in [0.05, 0.1) is 17.7 Å². The molecule has 0 saturated carbocycles. The molecule has 2 rings (SSSR count). The maximum absolute atomic E-state index is 10.8. The summed E-state index contributed by atoms with van der Waals surface area (Å²) in [6, 6.07) is 10.5. The number of aryl methyl sites for hydroxylation is 1. The normalized spacial score (nSPS) is 10.2. The highest BCUT2D eigenvalue weighted by atomic mass is 79.9. The fourth-order valence-corrected chi connectivity index (χ4v) is 2.39. The Morgan fingerprint density at radius 3 is 2.71 bits per heavy atom. The number of hydrogen-bond acceptors (Lipinski definition) is 4. The molecular weight excluding hydrogens is 336 g/mol. The van der Waals surface area contributed by atoms with Gasteiger partial charge in [0.15, 0.2) is 0 Å². The van der Waals surface area contributed by atoms with Crippen molar-refractivity contribution in [1.82, 2.24) is 0 Å². The summed E-state index contributed by atoms with van der Waals surface area (Å²) >= 11 is 3.39. The lowest BCUT2D eigenvalue weighted by Gasteiger charge is -2.12. The van der Waals surface area contributed by atoms with Gasteiger partial charge in [0.25, 0.3) is 5.69 Å². The number of benzene rings is 2. The van der Waals surface area contributed by atoms with Crippen molar-refractivity contribution in [3.63, 3.8) is 0 Å². The Hall–Kier alpha value is -2.08. The first-order chi connectivity index (χ1) is 10.0. The lowest BCUT2D eigenvalue weighted by atomic mass is 10.1. The van der Waals surface area contributed by atoms with Crippen LogP contribution in [0.2, 0.25) is 0 Å². The highest BCUT2D eigenvalue weighted by Gasteiger charge is 2.10. The molecule has 0 radical (unpaired) electrons. The number of rotatable bonds is 5. The third kappa shape index (κ3) is 3.72. The number of methoxy groups -OCH3 is 1. The van der Waals surface area contributed by atoms with Crippen LogP contribution in [0.25, 0.3) is 0 Å². The van der Waals surface area contributed by atoms with Crippen molar-refractivity contribution in [2.45, 2.75) is 13.5 Å². The fourth-order valence-electron chi connectivity index (χ4n) is 2.00. The highest BCUT2D eigenvalue weighted by Crippen LogP contribution is 2.28. The quantitative estimate of drug-likeness (QED) is 0.645. The minimum absolute atomic E-state index is 0.0527. The summed E-state index contributed by atoms with van der Waals surface area (Å²) in [6.45, 7) is 2.52. The summed E-state index contributed by atoms with van der Waals surface area (Å²) in [6.07, 6.45) is 0. The van der Waals surface area contributed by atoms with Crippen LogP contribution < -0.4 is 10.1 Å². The second kappa shape index (κ2) is 6.58. The Kier molecular flexibility index (Phi) is 4.80. The third-order valence-electron chi connectivity index (χ3n) is 3.07. The molecule has 0 aromatic heterocycles. The SMILES string of the molecule is COc1ccc(C)cc1CNc1cc([N+](=O)[O-])ccc1Br. The standard InChI is InChI=1S/C15H15BrN2O3/c1-10-3-6-15(21-2)11(7-10)9-17-14-8-12(18(19)20)4-5-13(14)16/h3-8,17H,9H2,1-2H3. The van der Waals surface area contributed by atoms with Crippen molar-refractivity contribution in [3.05, 3.63) is 62.1 Å². The van der Waals surface area contributed by atoms with Crippen LogP contribution in [0.4, 0.5) is 11.4 Å². The van der Waals surface area contributed by atoms with Crippen LogP contribution >= 0.6 is 15.9 Å². The molecule has 110 valence electrons. The summed E-state index contributed by atoms with van der Waals surface area (Å²) < 4.78 is 6.10. The number of nitrogens with one attached hydrogen (secondary N) is 1. The molecule has 2 aromatic rings. The number of hydrogen-bond donors (Lipinski definition) is 1. The zero-order valence-corrected chi connectivity index (χ0v) is 13.3. The number of halogens is 1. The van der Waals surface area contributed by atoms with Crippen LogP contribution in [0.15, 0.2) is 40.9 Å². The van der Waals surface area contributed by atoms with E-state index in [4.69, 9.17) is 4.74 Å². The Morgan fingerprint density at radius 1 is 1.29 bits per heavy atom. The first kappa shape index (κ1) is 15.3. The third-order valence-corrected chi connectivity index (χ3v) is 3.76. The van der Waals surface area contributed by atoms with Crippen molar-refractivity contribution < 1.29 is 9.66 Å². The van der Waals surface area contributed by atoms with Gasteiger partial charge in [0, 0.05) is 28.7 Å². The molecule has 0 saturated heterocycles. The maximum Gasteiger partial charge on any atom is 0.271 e. The summed E-state index contributed by atoms with van der Waals surface area (Å²) in [7, 11) is 1.62. The summed E-state index contributed by atoms with van der Waals surface area (Å²) in [4.78, 5) is 10.4. The first-order valence-corrected chi connectivity index (χ1v) is 7.12. The zero-order valence-electron chi connectivity index (χ0n) is 11.7. The molecule has 2 aromatic carbocycles. The van der Waals surface area contributed by atoms with Gasteiger partial charge in [-0.15, -0.1) is 0 Å². The van der Waals surface area contributed by atoms with E-state index < -0.39 is 4.92 Å². The molecule has 1 N–H and O–H groups in total. The minimum Gasteiger partial charge on any atom is -0.496 e. The molecule has 5 nitrogen and oxygen atoms in total. The van der Waals surface area contributed by atoms with Gasteiger partial charge in [-0.05, 0) is 35.0 Å². The van der Waals surface area contributed by atoms with E-state index in [1.807, 2.05) is 25.1 Å². The van der Waals surface area contributed by atoms with E-state index in [9.17, 15) is 10.1 Å². The van der Waals surface area contributed by atoms with Gasteiger partial charge in [-0.2, -0.15) is 0 Å². The predicted molar refractivity (Wildman–Crippen MR) is 85.9 cm³/mol. The monoisotopic (exact) mass is 350 g/mol. The van der Waals surface area contributed by atoms with Crippen LogP contribution in [-0.4, -0.2) is 12.0 Å². The smallest absolute Gasteiger partial charge is 0.271 e. The van der Waals surface area contributed by atoms with E-state index in [0.29, 0.717) is 12.2 Å². The zero-order chi connectivity index (χ0) is 15.4. The Morgan fingerprint density at radius 2 is 2.05 bits per heavy atom. The van der Waals surface area contributed by atoms with Crippen LogP contribution in [0, 0.1) is 17.0 Å². The molecule has 21 heavy (non-hydrogen) atoms. The maximum atomic E-state index is 10.8. The predicted octanol–water partition coefficient (Wildman–Crippen LogP) is 4.29. The average Bonchev–Trinajstić information content (AvgIpc) is 2.46. The fraction of sp³-hybridized carbons (Fsp3) is 0.200. The molecule has 0 atom stereocenters. The molecule has 0 heterocycles. The molecule has 0 amide bonds. The van der Waals surface area contributed by atoms with Crippen LogP contribution in [0.1, 0.15) is 11.1 Å². The number of nitro groups is 1. The van der Waals surface area contributed by atoms with Crippen molar-refractivity contribution in [3.8, 4) is 5.75 Å². The largest absolute Gasteiger partial charge is 0.496 e. The molecule has 0 bridgehead atoms. The van der Waals surface area contributed by atoms with Crippen molar-refractivity contribution in [2.75, 3.05) is 12.4 Å². The molecule has 0 aliphatic carbocycles. The molecule has 0 unspecified atom stereocenters. The van der Waals surface area contributed by atoms with Gasteiger partial charge in [0.2, 0.25) is 0 Å². The lowest BCUT2D eigenvalue weighted by Crippen LogP contribution is -2.03. The number of ether oxygens (including phenoxy) is 1. The highest BCUT2D eigenvalue weighted by molar-refractivity contribution is 9.10. The summed E-state index contributed by atoms with van der Waals surface area (Å²) in [5.41, 5.74) is 2.85. The second-order valence-electron chi connectivity index (χ2n) is 4.59. The van der Waals surface area contributed by atoms with E-state index in [0.717, 1.165) is 21.3 Å². The van der Waals surface area contributed by atoms with Gasteiger partial charge in [-0.25, -0.2) is 0 Å². The summed E-state index contributed by atoms with van der Waals surface area (Å²) in [5.74, 6) is 0.787. The second-order valence-corrected chi connectivity index (χ2v) is 5.44. The van der Waals surface area contributed by atoms with Gasteiger partial charge < -0.3 is 10.1 Å². The van der Waals surface area contributed by atoms with E-state index in [-0.39, 0.29) is 5.69 Å². The molecule has 0 spiro atoms. The number of anilines is 1. The molecule has 0 aliphatic heterocycles. The average molecular weight is 351 g/mol. The minimum atomic E-state index is -0.412. The molecule has 0 fully saturated rings. The molecule has 0 aliphatic rings. The van der Waals surface area contributed by atoms with Gasteiger partial charge in [0.1, 0.15) is 5.75 Å². The number of nitrogens with zero attached hydrogens (tertiary/aromatic N) is 1. The Balaban J connectivity index is 2.22. The van der Waals surface area contributed by atoms with Crippen LogP contribution in [-0.2, 0) is 6.54 Å². The van der Waals surface area contributed by atoms with Crippen molar-refractivity contribution in [1.29, 1.82) is 0 Å². The van der Waals surface area contributed by atoms with E-state index in [2.05, 4.69) is 21.2 Å². The van der Waals surface area contributed by atoms with Gasteiger partial charge >= 0.3 is 0 Å². The van der Waals surface area contributed by atoms with Crippen LogP contribution in [0.3, 0.4) is 0 Å². The molecule has 6 heteroatoms. The van der Waals surface area contributed by atoms with E-state index >= 15 is 0 Å². The van der Waals surface area contributed by atoms with Gasteiger partial charge in [-0.1, -0.05) is 17.7 Å². The Bertz CT molecular complexity index is 674. The van der Waals surface area contributed by atoms with E-state index in [1.54, 1.807) is 13.2 Å². The van der Waals surface area contributed by atoms with Crippen molar-refractivity contribution >= 4 is 27.3 Å². The first-order valence-electron chi connectivity index (χ1n) is 6.32. The topological polar surface area (TPSA) is 64.4 Å².